The molecule has 3 nitrogen and oxygen atoms in total. The molecule has 2 aromatic carbocycles. The van der Waals surface area contributed by atoms with E-state index in [0.29, 0.717) is 5.56 Å². The second kappa shape index (κ2) is 5.59. The largest absolute Gasteiger partial charge is 0.384 e. The maximum atomic E-state index is 12.2. The number of rotatable bonds is 3. The molecule has 0 aromatic heterocycles. The lowest BCUT2D eigenvalue weighted by atomic mass is 10.1. The summed E-state index contributed by atoms with van der Waals surface area (Å²) < 4.78 is 0. The highest BCUT2D eigenvalue weighted by Crippen LogP contribution is 2.25. The molecule has 0 spiro atoms. The Morgan fingerprint density at radius 2 is 2.00 bits per heavy atom. The van der Waals surface area contributed by atoms with Crippen molar-refractivity contribution >= 4 is 29.0 Å². The zero-order valence-electron chi connectivity index (χ0n) is 11.3. The number of carbonyl (C=O) groups is 1. The minimum atomic E-state index is -0.0661. The molecule has 1 amide bonds. The third kappa shape index (κ3) is 2.65. The first kappa shape index (κ1) is 13.1. The average Bonchev–Trinajstić information content (AvgIpc) is 2.95. The highest BCUT2D eigenvalue weighted by atomic mass is 32.2. The number of benzene rings is 2. The minimum absolute atomic E-state index is 0.0661. The Labute approximate surface area is 122 Å². The Morgan fingerprint density at radius 1 is 1.20 bits per heavy atom. The molecule has 1 heterocycles. The van der Waals surface area contributed by atoms with Crippen LogP contribution in [0.15, 0.2) is 47.4 Å². The average molecular weight is 284 g/mol. The molecule has 0 saturated heterocycles. The van der Waals surface area contributed by atoms with Crippen molar-refractivity contribution in [1.82, 2.24) is 0 Å². The Kier molecular flexibility index (Phi) is 3.65. The number of anilines is 2. The van der Waals surface area contributed by atoms with E-state index in [1.54, 1.807) is 11.8 Å². The fraction of sp³-hybridized carbons (Fsp3) is 0.188. The highest BCUT2D eigenvalue weighted by Gasteiger charge is 2.11. The van der Waals surface area contributed by atoms with Gasteiger partial charge in [-0.3, -0.25) is 4.79 Å². The summed E-state index contributed by atoms with van der Waals surface area (Å²) in [5.74, 6) is -0.0661. The zero-order chi connectivity index (χ0) is 13.9. The van der Waals surface area contributed by atoms with Crippen LogP contribution in [0.2, 0.25) is 0 Å². The van der Waals surface area contributed by atoms with Crippen LogP contribution in [0, 0.1) is 0 Å². The zero-order valence-corrected chi connectivity index (χ0v) is 12.1. The summed E-state index contributed by atoms with van der Waals surface area (Å²) in [4.78, 5) is 13.3. The van der Waals surface area contributed by atoms with Gasteiger partial charge in [-0.05, 0) is 60.7 Å². The maximum absolute atomic E-state index is 12.2. The Hall–Kier alpha value is -1.94. The lowest BCUT2D eigenvalue weighted by molar-refractivity contribution is 0.102. The third-order valence-electron chi connectivity index (χ3n) is 3.43. The molecule has 1 aliphatic rings. The van der Waals surface area contributed by atoms with E-state index >= 15 is 0 Å². The standard InChI is InChI=1S/C16H16N2OS/c1-20-14-5-2-11(3-6-14)16(19)18-13-4-7-15-12(10-13)8-9-17-15/h2-7,10,17H,8-9H2,1H3,(H,18,19). The van der Waals surface area contributed by atoms with Crippen LogP contribution in [0.5, 0.6) is 0 Å². The molecule has 0 radical (unpaired) electrons. The first-order valence-electron chi connectivity index (χ1n) is 6.58. The molecule has 0 bridgehead atoms. The molecule has 102 valence electrons. The van der Waals surface area contributed by atoms with E-state index in [-0.39, 0.29) is 5.91 Å². The molecule has 0 atom stereocenters. The van der Waals surface area contributed by atoms with Crippen molar-refractivity contribution in [2.75, 3.05) is 23.4 Å². The summed E-state index contributed by atoms with van der Waals surface area (Å²) in [6.45, 7) is 0.975. The number of thioether (sulfide) groups is 1. The van der Waals surface area contributed by atoms with E-state index in [9.17, 15) is 4.79 Å². The third-order valence-corrected chi connectivity index (χ3v) is 4.17. The molecule has 0 fully saturated rings. The van der Waals surface area contributed by atoms with Crippen LogP contribution >= 0.6 is 11.8 Å². The van der Waals surface area contributed by atoms with Gasteiger partial charge in [-0.2, -0.15) is 0 Å². The van der Waals surface area contributed by atoms with Crippen molar-refractivity contribution < 1.29 is 4.79 Å². The van der Waals surface area contributed by atoms with E-state index in [4.69, 9.17) is 0 Å². The van der Waals surface area contributed by atoms with Crippen molar-refractivity contribution in [1.29, 1.82) is 0 Å². The summed E-state index contributed by atoms with van der Waals surface area (Å²) in [7, 11) is 0. The van der Waals surface area contributed by atoms with Gasteiger partial charge in [0.25, 0.3) is 5.91 Å². The molecule has 0 aliphatic carbocycles. The predicted molar refractivity (Wildman–Crippen MR) is 84.8 cm³/mol. The van der Waals surface area contributed by atoms with Crippen molar-refractivity contribution in [3.63, 3.8) is 0 Å². The van der Waals surface area contributed by atoms with Gasteiger partial charge >= 0.3 is 0 Å². The maximum Gasteiger partial charge on any atom is 0.255 e. The van der Waals surface area contributed by atoms with Crippen LogP contribution in [-0.2, 0) is 6.42 Å². The number of carbonyl (C=O) groups excluding carboxylic acids is 1. The predicted octanol–water partition coefficient (Wildman–Crippen LogP) is 3.63. The second-order valence-corrected chi connectivity index (χ2v) is 5.61. The lowest BCUT2D eigenvalue weighted by Gasteiger charge is -2.08. The van der Waals surface area contributed by atoms with Gasteiger partial charge in [0.1, 0.15) is 0 Å². The Morgan fingerprint density at radius 3 is 2.75 bits per heavy atom. The number of hydrogen-bond acceptors (Lipinski definition) is 3. The van der Waals surface area contributed by atoms with E-state index in [0.717, 1.165) is 23.5 Å². The van der Waals surface area contributed by atoms with Crippen LogP contribution in [0.3, 0.4) is 0 Å². The second-order valence-electron chi connectivity index (χ2n) is 4.73. The van der Waals surface area contributed by atoms with Gasteiger partial charge in [0.2, 0.25) is 0 Å². The summed E-state index contributed by atoms with van der Waals surface area (Å²) >= 11 is 1.67. The van der Waals surface area contributed by atoms with Crippen LogP contribution in [0.4, 0.5) is 11.4 Å². The smallest absolute Gasteiger partial charge is 0.255 e. The van der Waals surface area contributed by atoms with E-state index in [1.165, 1.54) is 11.3 Å². The van der Waals surface area contributed by atoms with E-state index in [2.05, 4.69) is 10.6 Å². The van der Waals surface area contributed by atoms with Crippen LogP contribution < -0.4 is 10.6 Å². The van der Waals surface area contributed by atoms with Crippen molar-refractivity contribution in [3.05, 3.63) is 53.6 Å². The molecule has 20 heavy (non-hydrogen) atoms. The molecule has 0 unspecified atom stereocenters. The van der Waals surface area contributed by atoms with E-state index < -0.39 is 0 Å². The lowest BCUT2D eigenvalue weighted by Crippen LogP contribution is -2.11. The fourth-order valence-corrected chi connectivity index (χ4v) is 2.74. The number of nitrogens with one attached hydrogen (secondary N) is 2. The van der Waals surface area contributed by atoms with Gasteiger partial charge in [0.15, 0.2) is 0 Å². The van der Waals surface area contributed by atoms with Gasteiger partial charge in [-0.1, -0.05) is 0 Å². The van der Waals surface area contributed by atoms with E-state index in [1.807, 2.05) is 48.7 Å². The first-order valence-corrected chi connectivity index (χ1v) is 7.81. The fourth-order valence-electron chi connectivity index (χ4n) is 2.33. The molecule has 1 aliphatic heterocycles. The van der Waals surface area contributed by atoms with Gasteiger partial charge < -0.3 is 10.6 Å². The van der Waals surface area contributed by atoms with Crippen LogP contribution in [0.25, 0.3) is 0 Å². The SMILES string of the molecule is CSc1ccc(C(=O)Nc2ccc3c(c2)CCN3)cc1. The quantitative estimate of drug-likeness (QED) is 0.846. The topological polar surface area (TPSA) is 41.1 Å². The van der Waals surface area contributed by atoms with Gasteiger partial charge in [0.05, 0.1) is 0 Å². The minimum Gasteiger partial charge on any atom is -0.384 e. The monoisotopic (exact) mass is 284 g/mol. The first-order chi connectivity index (χ1) is 9.76. The molecule has 4 heteroatoms. The molecule has 3 rings (SSSR count). The van der Waals surface area contributed by atoms with Crippen molar-refractivity contribution in [3.8, 4) is 0 Å². The van der Waals surface area contributed by atoms with Crippen LogP contribution in [-0.4, -0.2) is 18.7 Å². The molecular weight excluding hydrogens is 268 g/mol. The van der Waals surface area contributed by atoms with Crippen molar-refractivity contribution in [2.45, 2.75) is 11.3 Å². The highest BCUT2D eigenvalue weighted by molar-refractivity contribution is 7.98. The Bertz CT molecular complexity index is 637. The van der Waals surface area contributed by atoms with Gasteiger partial charge in [-0.15, -0.1) is 11.8 Å². The Balaban J connectivity index is 1.75. The number of hydrogen-bond donors (Lipinski definition) is 2. The number of amides is 1. The molecule has 2 N–H and O–H groups in total. The normalized spacial score (nSPS) is 12.7. The molecule has 0 saturated carbocycles. The van der Waals surface area contributed by atoms with Crippen molar-refractivity contribution in [2.24, 2.45) is 0 Å². The molecule has 2 aromatic rings. The molecular formula is C16H16N2OS. The van der Waals surface area contributed by atoms with Gasteiger partial charge in [-0.25, -0.2) is 0 Å². The summed E-state index contributed by atoms with van der Waals surface area (Å²) in [5, 5.41) is 6.26. The summed E-state index contributed by atoms with van der Waals surface area (Å²) in [6.07, 6.45) is 3.04. The summed E-state index contributed by atoms with van der Waals surface area (Å²) in [5.41, 5.74) is 3.97. The van der Waals surface area contributed by atoms with Crippen LogP contribution in [0.1, 0.15) is 15.9 Å². The van der Waals surface area contributed by atoms with Gasteiger partial charge in [0, 0.05) is 28.4 Å². The summed E-state index contributed by atoms with van der Waals surface area (Å²) in [6, 6.07) is 13.6. The number of fused-ring (bicyclic) bond motifs is 1.